The molecular formula is C19H15ClN2O3. The van der Waals surface area contributed by atoms with E-state index in [1.54, 1.807) is 30.3 Å². The summed E-state index contributed by atoms with van der Waals surface area (Å²) in [4.78, 5) is 24.0. The summed E-state index contributed by atoms with van der Waals surface area (Å²) in [5, 5.41) is 5.76. The maximum absolute atomic E-state index is 12.1. The number of halogens is 1. The predicted molar refractivity (Wildman–Crippen MR) is 96.9 cm³/mol. The van der Waals surface area contributed by atoms with E-state index in [9.17, 15) is 9.59 Å². The Kier molecular flexibility index (Phi) is 5.16. The molecule has 0 aliphatic rings. The summed E-state index contributed by atoms with van der Waals surface area (Å²) >= 11 is 6.18. The van der Waals surface area contributed by atoms with Gasteiger partial charge < -0.3 is 15.1 Å². The Bertz CT molecular complexity index is 877. The van der Waals surface area contributed by atoms with Crippen molar-refractivity contribution in [1.82, 2.24) is 0 Å². The Hall–Kier alpha value is -3.05. The molecule has 0 aliphatic heterocycles. The molecule has 2 N–H and O–H groups in total. The number of hydrogen-bond donors (Lipinski definition) is 2. The lowest BCUT2D eigenvalue weighted by Gasteiger charge is -2.09. The van der Waals surface area contributed by atoms with E-state index >= 15 is 0 Å². The van der Waals surface area contributed by atoms with Crippen LogP contribution in [-0.4, -0.2) is 11.8 Å². The molecule has 0 spiro atoms. The Morgan fingerprint density at radius 2 is 1.76 bits per heavy atom. The van der Waals surface area contributed by atoms with Crippen LogP contribution in [0.15, 0.2) is 71.3 Å². The summed E-state index contributed by atoms with van der Waals surface area (Å²) in [6.07, 6.45) is 1.69. The number of carbonyl (C=O) groups excluding carboxylic acids is 2. The maximum atomic E-state index is 12.1. The summed E-state index contributed by atoms with van der Waals surface area (Å²) in [5.74, 6) is -0.348. The molecule has 25 heavy (non-hydrogen) atoms. The van der Waals surface area contributed by atoms with E-state index in [1.165, 1.54) is 6.26 Å². The topological polar surface area (TPSA) is 71.3 Å². The van der Waals surface area contributed by atoms with E-state index in [2.05, 4.69) is 10.6 Å². The van der Waals surface area contributed by atoms with E-state index in [1.807, 2.05) is 30.3 Å². The second-order valence-electron chi connectivity index (χ2n) is 5.34. The molecule has 0 fully saturated rings. The van der Waals surface area contributed by atoms with Crippen LogP contribution >= 0.6 is 11.6 Å². The Morgan fingerprint density at radius 1 is 0.960 bits per heavy atom. The van der Waals surface area contributed by atoms with Gasteiger partial charge in [-0.3, -0.25) is 9.59 Å². The van der Waals surface area contributed by atoms with Crippen LogP contribution in [0.1, 0.15) is 16.1 Å². The third-order valence-electron chi connectivity index (χ3n) is 3.45. The van der Waals surface area contributed by atoms with Crippen molar-refractivity contribution in [2.24, 2.45) is 0 Å². The number of anilines is 2. The zero-order valence-electron chi connectivity index (χ0n) is 13.2. The first kappa shape index (κ1) is 16.8. The third kappa shape index (κ3) is 4.49. The highest BCUT2D eigenvalue weighted by Gasteiger charge is 2.12. The molecule has 0 saturated carbocycles. The second-order valence-corrected chi connectivity index (χ2v) is 5.74. The normalized spacial score (nSPS) is 10.3. The molecule has 1 aromatic heterocycles. The lowest BCUT2D eigenvalue weighted by Crippen LogP contribution is -2.15. The monoisotopic (exact) mass is 354 g/mol. The zero-order valence-corrected chi connectivity index (χ0v) is 13.9. The number of rotatable bonds is 5. The van der Waals surface area contributed by atoms with Crippen LogP contribution in [0, 0.1) is 0 Å². The molecule has 3 aromatic rings. The van der Waals surface area contributed by atoms with E-state index in [-0.39, 0.29) is 18.1 Å². The van der Waals surface area contributed by atoms with Crippen molar-refractivity contribution < 1.29 is 14.0 Å². The minimum atomic E-state index is -0.396. The van der Waals surface area contributed by atoms with Gasteiger partial charge in [0.25, 0.3) is 5.91 Å². The van der Waals surface area contributed by atoms with Gasteiger partial charge in [0.2, 0.25) is 5.91 Å². The third-order valence-corrected chi connectivity index (χ3v) is 3.77. The fourth-order valence-electron chi connectivity index (χ4n) is 2.27. The van der Waals surface area contributed by atoms with Gasteiger partial charge in [-0.05, 0) is 35.9 Å². The molecule has 0 aliphatic carbocycles. The highest BCUT2D eigenvalue weighted by Crippen LogP contribution is 2.26. The van der Waals surface area contributed by atoms with Gasteiger partial charge in [-0.25, -0.2) is 0 Å². The number of furan rings is 1. The maximum Gasteiger partial charge on any atom is 0.291 e. The van der Waals surface area contributed by atoms with Gasteiger partial charge in [0.15, 0.2) is 5.76 Å². The molecule has 2 aromatic carbocycles. The number of nitrogens with one attached hydrogen (secondary N) is 2. The molecule has 0 atom stereocenters. The summed E-state index contributed by atoms with van der Waals surface area (Å²) in [6, 6.07) is 17.5. The minimum absolute atomic E-state index is 0.144. The smallest absolute Gasteiger partial charge is 0.291 e. The standard InChI is InChI=1S/C19H15ClN2O3/c20-15-12-14(21-18(23)11-13-5-2-1-3-6-13)8-9-16(15)22-19(24)17-7-4-10-25-17/h1-10,12H,11H2,(H,21,23)(H,22,24). The average Bonchev–Trinajstić information content (AvgIpc) is 3.13. The first-order chi connectivity index (χ1) is 12.1. The Balaban J connectivity index is 1.63. The number of amides is 2. The molecule has 2 amide bonds. The number of carbonyl (C=O) groups is 2. The average molecular weight is 355 g/mol. The van der Waals surface area contributed by atoms with E-state index in [0.29, 0.717) is 16.4 Å². The summed E-state index contributed by atoms with van der Waals surface area (Å²) in [6.45, 7) is 0. The van der Waals surface area contributed by atoms with Crippen molar-refractivity contribution in [2.45, 2.75) is 6.42 Å². The van der Waals surface area contributed by atoms with Crippen LogP contribution in [0.2, 0.25) is 5.02 Å². The van der Waals surface area contributed by atoms with Crippen LogP contribution in [0.25, 0.3) is 0 Å². The molecule has 1 heterocycles. The molecular weight excluding hydrogens is 340 g/mol. The minimum Gasteiger partial charge on any atom is -0.459 e. The summed E-state index contributed by atoms with van der Waals surface area (Å²) in [7, 11) is 0. The van der Waals surface area contributed by atoms with Gasteiger partial charge in [0.1, 0.15) is 0 Å². The van der Waals surface area contributed by atoms with Crippen molar-refractivity contribution >= 4 is 34.8 Å². The van der Waals surface area contributed by atoms with Crippen molar-refractivity contribution in [3.05, 3.63) is 83.3 Å². The lowest BCUT2D eigenvalue weighted by atomic mass is 10.1. The highest BCUT2D eigenvalue weighted by molar-refractivity contribution is 6.34. The molecule has 3 rings (SSSR count). The van der Waals surface area contributed by atoms with Gasteiger partial charge >= 0.3 is 0 Å². The van der Waals surface area contributed by atoms with Crippen molar-refractivity contribution in [3.63, 3.8) is 0 Å². The van der Waals surface area contributed by atoms with E-state index in [0.717, 1.165) is 5.56 Å². The largest absolute Gasteiger partial charge is 0.459 e. The van der Waals surface area contributed by atoms with Gasteiger partial charge in [-0.1, -0.05) is 41.9 Å². The van der Waals surface area contributed by atoms with Gasteiger partial charge in [-0.15, -0.1) is 0 Å². The van der Waals surface area contributed by atoms with Crippen LogP contribution in [0.3, 0.4) is 0 Å². The van der Waals surface area contributed by atoms with Gasteiger partial charge in [0, 0.05) is 5.69 Å². The van der Waals surface area contributed by atoms with Crippen LogP contribution in [-0.2, 0) is 11.2 Å². The molecule has 0 radical (unpaired) electrons. The molecule has 5 nitrogen and oxygen atoms in total. The molecule has 0 saturated heterocycles. The SMILES string of the molecule is O=C(Cc1ccccc1)Nc1ccc(NC(=O)c2ccco2)c(Cl)c1. The molecule has 0 bridgehead atoms. The zero-order chi connectivity index (χ0) is 17.6. The van der Waals surface area contributed by atoms with E-state index in [4.69, 9.17) is 16.0 Å². The number of benzene rings is 2. The van der Waals surface area contributed by atoms with Gasteiger partial charge in [-0.2, -0.15) is 0 Å². The molecule has 6 heteroatoms. The first-order valence-corrected chi connectivity index (χ1v) is 7.98. The quantitative estimate of drug-likeness (QED) is 0.714. The summed E-state index contributed by atoms with van der Waals surface area (Å²) < 4.78 is 5.03. The Morgan fingerprint density at radius 3 is 2.44 bits per heavy atom. The number of hydrogen-bond acceptors (Lipinski definition) is 3. The van der Waals surface area contributed by atoms with Gasteiger partial charge in [0.05, 0.1) is 23.4 Å². The van der Waals surface area contributed by atoms with Crippen molar-refractivity contribution in [1.29, 1.82) is 0 Å². The fourth-order valence-corrected chi connectivity index (χ4v) is 2.50. The summed E-state index contributed by atoms with van der Waals surface area (Å²) in [5.41, 5.74) is 1.92. The lowest BCUT2D eigenvalue weighted by molar-refractivity contribution is -0.115. The predicted octanol–water partition coefficient (Wildman–Crippen LogP) is 4.37. The first-order valence-electron chi connectivity index (χ1n) is 7.60. The highest BCUT2D eigenvalue weighted by atomic mass is 35.5. The van der Waals surface area contributed by atoms with Crippen LogP contribution < -0.4 is 10.6 Å². The fraction of sp³-hybridized carbons (Fsp3) is 0.0526. The molecule has 0 unspecified atom stereocenters. The molecule has 126 valence electrons. The second kappa shape index (κ2) is 7.68. The Labute approximate surface area is 149 Å². The van der Waals surface area contributed by atoms with E-state index < -0.39 is 5.91 Å². The van der Waals surface area contributed by atoms with Crippen molar-refractivity contribution in [3.8, 4) is 0 Å². The van der Waals surface area contributed by atoms with Crippen LogP contribution in [0.4, 0.5) is 11.4 Å². The van der Waals surface area contributed by atoms with Crippen molar-refractivity contribution in [2.75, 3.05) is 10.6 Å². The van der Waals surface area contributed by atoms with Crippen LogP contribution in [0.5, 0.6) is 0 Å².